The molecule has 1 aromatic heterocycles. The highest BCUT2D eigenvalue weighted by atomic mass is 32.1. The molecule has 0 aliphatic heterocycles. The number of hydrogen-bond acceptors (Lipinski definition) is 4. The third-order valence-electron chi connectivity index (χ3n) is 3.84. The molecule has 4 nitrogen and oxygen atoms in total. The number of carbonyl (C=O) groups is 2. The Labute approximate surface area is 154 Å². The van der Waals surface area contributed by atoms with Crippen molar-refractivity contribution in [2.24, 2.45) is 0 Å². The van der Waals surface area contributed by atoms with Crippen molar-refractivity contribution in [3.8, 4) is 11.3 Å². The fourth-order valence-electron chi connectivity index (χ4n) is 2.50. The summed E-state index contributed by atoms with van der Waals surface area (Å²) in [4.78, 5) is 29.5. The molecule has 0 unspecified atom stereocenters. The van der Waals surface area contributed by atoms with Gasteiger partial charge in [-0.05, 0) is 31.2 Å². The molecule has 0 fully saturated rings. The van der Waals surface area contributed by atoms with Crippen molar-refractivity contribution in [2.75, 3.05) is 5.32 Å². The Balaban J connectivity index is 1.60. The van der Waals surface area contributed by atoms with Crippen molar-refractivity contribution in [2.45, 2.75) is 19.8 Å². The minimum Gasteiger partial charge on any atom is -0.302 e. The summed E-state index contributed by atoms with van der Waals surface area (Å²) in [5, 5.41) is 3.20. The smallest absolute Gasteiger partial charge is 0.226 e. The molecule has 2 aromatic carbocycles. The Bertz CT molecular complexity index is 921. The van der Waals surface area contributed by atoms with Crippen molar-refractivity contribution in [1.29, 1.82) is 0 Å². The number of Topliss-reactive ketones (excluding diaryl/α,β-unsaturated/α-hetero) is 1. The van der Waals surface area contributed by atoms with E-state index in [9.17, 15) is 14.0 Å². The molecule has 6 heteroatoms. The van der Waals surface area contributed by atoms with Crippen LogP contribution < -0.4 is 5.32 Å². The van der Waals surface area contributed by atoms with E-state index in [-0.39, 0.29) is 30.3 Å². The molecule has 3 rings (SSSR count). The van der Waals surface area contributed by atoms with E-state index in [0.717, 1.165) is 10.4 Å². The summed E-state index contributed by atoms with van der Waals surface area (Å²) in [6, 6.07) is 15.0. The van der Waals surface area contributed by atoms with Crippen LogP contribution in [0.3, 0.4) is 0 Å². The molecule has 0 saturated carbocycles. The second-order valence-electron chi connectivity index (χ2n) is 5.77. The van der Waals surface area contributed by atoms with Gasteiger partial charge in [0.25, 0.3) is 0 Å². The number of aryl methyl sites for hydroxylation is 1. The third kappa shape index (κ3) is 4.40. The zero-order chi connectivity index (χ0) is 18.5. The van der Waals surface area contributed by atoms with Gasteiger partial charge < -0.3 is 5.32 Å². The summed E-state index contributed by atoms with van der Waals surface area (Å²) in [7, 11) is 0. The standard InChI is InChI=1S/C20H17FN2O2S/c1-13-19(15-7-9-16(21)10-8-15)23-20(26-13)22-18(25)12-11-17(24)14-5-3-2-4-6-14/h2-10H,11-12H2,1H3,(H,22,23,25). The van der Waals surface area contributed by atoms with E-state index in [0.29, 0.717) is 16.4 Å². The molecule has 1 amide bonds. The number of anilines is 1. The fraction of sp³-hybridized carbons (Fsp3) is 0.150. The number of hydrogen-bond donors (Lipinski definition) is 1. The molecule has 0 radical (unpaired) electrons. The van der Waals surface area contributed by atoms with Crippen LogP contribution in [0.4, 0.5) is 9.52 Å². The summed E-state index contributed by atoms with van der Waals surface area (Å²) in [6.07, 6.45) is 0.239. The summed E-state index contributed by atoms with van der Waals surface area (Å²) in [5.41, 5.74) is 2.11. The number of aromatic nitrogens is 1. The number of nitrogens with one attached hydrogen (secondary N) is 1. The second kappa shape index (κ2) is 8.01. The number of rotatable bonds is 6. The minimum atomic E-state index is -0.307. The third-order valence-corrected chi connectivity index (χ3v) is 4.72. The summed E-state index contributed by atoms with van der Waals surface area (Å²) in [5.74, 6) is -0.630. The SMILES string of the molecule is Cc1sc(NC(=O)CCC(=O)c2ccccc2)nc1-c1ccc(F)cc1. The summed E-state index contributed by atoms with van der Waals surface area (Å²) in [6.45, 7) is 1.89. The molecule has 0 atom stereocenters. The van der Waals surface area contributed by atoms with Crippen molar-refractivity contribution < 1.29 is 14.0 Å². The van der Waals surface area contributed by atoms with Crippen LogP contribution in [0.5, 0.6) is 0 Å². The number of thiazole rings is 1. The molecule has 26 heavy (non-hydrogen) atoms. The van der Waals surface area contributed by atoms with Gasteiger partial charge in [0.2, 0.25) is 5.91 Å². The van der Waals surface area contributed by atoms with Gasteiger partial charge in [0.15, 0.2) is 10.9 Å². The van der Waals surface area contributed by atoms with Gasteiger partial charge >= 0.3 is 0 Å². The van der Waals surface area contributed by atoms with Crippen LogP contribution in [-0.2, 0) is 4.79 Å². The zero-order valence-electron chi connectivity index (χ0n) is 14.2. The lowest BCUT2D eigenvalue weighted by Gasteiger charge is -2.02. The fourth-order valence-corrected chi connectivity index (χ4v) is 3.35. The number of carbonyl (C=O) groups excluding carboxylic acids is 2. The first-order chi connectivity index (χ1) is 12.5. The van der Waals surface area contributed by atoms with Crippen molar-refractivity contribution >= 4 is 28.2 Å². The van der Waals surface area contributed by atoms with Crippen molar-refractivity contribution in [3.63, 3.8) is 0 Å². The Morgan fingerprint density at radius 2 is 1.73 bits per heavy atom. The van der Waals surface area contributed by atoms with E-state index in [1.165, 1.54) is 23.5 Å². The lowest BCUT2D eigenvalue weighted by molar-refractivity contribution is -0.116. The lowest BCUT2D eigenvalue weighted by Crippen LogP contribution is -2.13. The van der Waals surface area contributed by atoms with E-state index in [2.05, 4.69) is 10.3 Å². The van der Waals surface area contributed by atoms with E-state index in [1.54, 1.807) is 36.4 Å². The maximum atomic E-state index is 13.1. The molecule has 0 spiro atoms. The Hall–Kier alpha value is -2.86. The Kier molecular flexibility index (Phi) is 5.53. The van der Waals surface area contributed by atoms with Crippen LogP contribution in [0, 0.1) is 12.7 Å². The predicted molar refractivity (Wildman–Crippen MR) is 101 cm³/mol. The molecule has 0 aliphatic rings. The van der Waals surface area contributed by atoms with Crippen LogP contribution in [0.25, 0.3) is 11.3 Å². The molecule has 3 aromatic rings. The molecule has 132 valence electrons. The first-order valence-corrected chi connectivity index (χ1v) is 8.96. The normalized spacial score (nSPS) is 10.5. The van der Waals surface area contributed by atoms with Crippen molar-refractivity contribution in [3.05, 3.63) is 70.9 Å². The molecular weight excluding hydrogens is 351 g/mol. The van der Waals surface area contributed by atoms with Gasteiger partial charge in [0.05, 0.1) is 5.69 Å². The van der Waals surface area contributed by atoms with Crippen LogP contribution >= 0.6 is 11.3 Å². The average molecular weight is 368 g/mol. The molecular formula is C20H17FN2O2S. The van der Waals surface area contributed by atoms with Gasteiger partial charge in [-0.25, -0.2) is 9.37 Å². The van der Waals surface area contributed by atoms with Gasteiger partial charge in [-0.1, -0.05) is 30.3 Å². The zero-order valence-corrected chi connectivity index (χ0v) is 15.0. The van der Waals surface area contributed by atoms with E-state index < -0.39 is 0 Å². The number of halogens is 1. The van der Waals surface area contributed by atoms with Gasteiger partial charge in [-0.3, -0.25) is 9.59 Å². The summed E-state index contributed by atoms with van der Waals surface area (Å²) < 4.78 is 13.1. The van der Waals surface area contributed by atoms with Crippen LogP contribution in [-0.4, -0.2) is 16.7 Å². The van der Waals surface area contributed by atoms with Crippen LogP contribution in [0.1, 0.15) is 28.1 Å². The predicted octanol–water partition coefficient (Wildman–Crippen LogP) is 4.86. The largest absolute Gasteiger partial charge is 0.302 e. The highest BCUT2D eigenvalue weighted by Gasteiger charge is 2.14. The highest BCUT2D eigenvalue weighted by molar-refractivity contribution is 7.16. The Morgan fingerprint density at radius 1 is 1.04 bits per heavy atom. The van der Waals surface area contributed by atoms with Crippen molar-refractivity contribution in [1.82, 2.24) is 4.98 Å². The quantitative estimate of drug-likeness (QED) is 0.632. The maximum absolute atomic E-state index is 13.1. The number of ketones is 1. The molecule has 0 aliphatic carbocycles. The van der Waals surface area contributed by atoms with Crippen LogP contribution in [0.15, 0.2) is 54.6 Å². The van der Waals surface area contributed by atoms with E-state index in [4.69, 9.17) is 0 Å². The molecule has 0 bridgehead atoms. The molecule has 1 heterocycles. The van der Waals surface area contributed by atoms with Gasteiger partial charge in [0.1, 0.15) is 5.82 Å². The minimum absolute atomic E-state index is 0.0666. The number of benzene rings is 2. The molecule has 0 saturated heterocycles. The number of amides is 1. The Morgan fingerprint density at radius 3 is 2.42 bits per heavy atom. The van der Waals surface area contributed by atoms with Gasteiger partial charge in [-0.15, -0.1) is 11.3 Å². The maximum Gasteiger partial charge on any atom is 0.226 e. The lowest BCUT2D eigenvalue weighted by atomic mass is 10.1. The van der Waals surface area contributed by atoms with Gasteiger partial charge in [0, 0.05) is 28.8 Å². The molecule has 1 N–H and O–H groups in total. The first kappa shape index (κ1) is 17.9. The number of nitrogens with zero attached hydrogens (tertiary/aromatic N) is 1. The van der Waals surface area contributed by atoms with E-state index >= 15 is 0 Å². The monoisotopic (exact) mass is 368 g/mol. The average Bonchev–Trinajstić information content (AvgIpc) is 3.01. The highest BCUT2D eigenvalue weighted by Crippen LogP contribution is 2.30. The van der Waals surface area contributed by atoms with E-state index in [1.807, 2.05) is 13.0 Å². The summed E-state index contributed by atoms with van der Waals surface area (Å²) >= 11 is 1.35. The second-order valence-corrected chi connectivity index (χ2v) is 6.97. The first-order valence-electron chi connectivity index (χ1n) is 8.14. The van der Waals surface area contributed by atoms with Crippen LogP contribution in [0.2, 0.25) is 0 Å². The van der Waals surface area contributed by atoms with Gasteiger partial charge in [-0.2, -0.15) is 0 Å². The topological polar surface area (TPSA) is 59.1 Å².